The number of benzene rings is 1. The van der Waals surface area contributed by atoms with Crippen LogP contribution >= 0.6 is 11.8 Å². The molecule has 1 heterocycles. The molecule has 0 aliphatic carbocycles. The maximum atomic E-state index is 11.7. The minimum atomic E-state index is -0.299. The number of hydrazine groups is 1. The van der Waals surface area contributed by atoms with Crippen LogP contribution in [0, 0.1) is 13.8 Å². The van der Waals surface area contributed by atoms with Crippen LogP contribution in [-0.2, 0) is 16.0 Å². The fourth-order valence-electron chi connectivity index (χ4n) is 2.38. The maximum absolute atomic E-state index is 11.7. The molecule has 2 N–H and O–H groups in total. The Balaban J connectivity index is 2.22. The highest BCUT2D eigenvalue weighted by Gasteiger charge is 2.11. The Kier molecular flexibility index (Phi) is 5.60. The molecule has 0 bridgehead atoms. The molecular weight excluding hydrogens is 310 g/mol. The lowest BCUT2D eigenvalue weighted by atomic mass is 10.0. The number of pyridine rings is 1. The smallest absolute Gasteiger partial charge is 0.248 e. The van der Waals surface area contributed by atoms with Gasteiger partial charge >= 0.3 is 0 Å². The molecule has 0 spiro atoms. The molecular formula is C17H21N3O2S. The van der Waals surface area contributed by atoms with Gasteiger partial charge in [0, 0.05) is 12.3 Å². The highest BCUT2D eigenvalue weighted by molar-refractivity contribution is 7.99. The van der Waals surface area contributed by atoms with E-state index in [1.54, 1.807) is 0 Å². The average Bonchev–Trinajstić information content (AvgIpc) is 2.50. The van der Waals surface area contributed by atoms with Crippen molar-refractivity contribution in [2.45, 2.75) is 39.1 Å². The number of hydrogen-bond acceptors (Lipinski definition) is 4. The summed E-state index contributed by atoms with van der Waals surface area (Å²) in [5, 5.41) is 2.00. The third kappa shape index (κ3) is 4.45. The Morgan fingerprint density at radius 1 is 1.17 bits per heavy atom. The van der Waals surface area contributed by atoms with Gasteiger partial charge in [-0.3, -0.25) is 20.4 Å². The summed E-state index contributed by atoms with van der Waals surface area (Å²) in [5.41, 5.74) is 9.08. The minimum absolute atomic E-state index is 0.205. The molecule has 0 saturated carbocycles. The van der Waals surface area contributed by atoms with Crippen molar-refractivity contribution in [2.24, 2.45) is 0 Å². The first-order chi connectivity index (χ1) is 10.9. The molecule has 23 heavy (non-hydrogen) atoms. The van der Waals surface area contributed by atoms with E-state index in [2.05, 4.69) is 42.9 Å². The van der Waals surface area contributed by atoms with Gasteiger partial charge < -0.3 is 0 Å². The monoisotopic (exact) mass is 331 g/mol. The van der Waals surface area contributed by atoms with Gasteiger partial charge in [-0.1, -0.05) is 30.3 Å². The zero-order valence-corrected chi connectivity index (χ0v) is 14.6. The molecule has 5 nitrogen and oxygen atoms in total. The number of hydrogen-bond donors (Lipinski definition) is 2. The Morgan fingerprint density at radius 3 is 2.57 bits per heavy atom. The van der Waals surface area contributed by atoms with E-state index in [9.17, 15) is 9.59 Å². The molecule has 0 atom stereocenters. The van der Waals surface area contributed by atoms with Gasteiger partial charge in [0.1, 0.15) is 5.03 Å². The van der Waals surface area contributed by atoms with Crippen molar-refractivity contribution >= 4 is 34.5 Å². The quantitative estimate of drug-likeness (QED) is 0.667. The van der Waals surface area contributed by atoms with E-state index in [-0.39, 0.29) is 17.6 Å². The second-order valence-electron chi connectivity index (χ2n) is 5.48. The normalized spacial score (nSPS) is 10.6. The number of rotatable bonds is 4. The molecule has 0 saturated heterocycles. The summed E-state index contributed by atoms with van der Waals surface area (Å²) in [6, 6.07) is 6.39. The van der Waals surface area contributed by atoms with Crippen LogP contribution in [0.15, 0.2) is 23.2 Å². The van der Waals surface area contributed by atoms with Gasteiger partial charge in [0.15, 0.2) is 0 Å². The van der Waals surface area contributed by atoms with E-state index < -0.39 is 0 Å². The van der Waals surface area contributed by atoms with Crippen LogP contribution in [0.1, 0.15) is 30.5 Å². The molecule has 1 aromatic carbocycles. The van der Waals surface area contributed by atoms with E-state index >= 15 is 0 Å². The average molecular weight is 331 g/mol. The van der Waals surface area contributed by atoms with Crippen LogP contribution in [0.2, 0.25) is 0 Å². The predicted octanol–water partition coefficient (Wildman–Crippen LogP) is 2.67. The number of thioether (sulfide) groups is 1. The molecule has 0 aliphatic heterocycles. The van der Waals surface area contributed by atoms with Crippen LogP contribution in [0.25, 0.3) is 10.9 Å². The van der Waals surface area contributed by atoms with Crippen molar-refractivity contribution in [1.29, 1.82) is 0 Å². The van der Waals surface area contributed by atoms with Crippen molar-refractivity contribution in [3.63, 3.8) is 0 Å². The molecule has 2 amide bonds. The second kappa shape index (κ2) is 7.46. The number of carbonyl (C=O) groups is 2. The number of aryl methyl sites for hydroxylation is 3. The maximum Gasteiger partial charge on any atom is 0.248 e. The van der Waals surface area contributed by atoms with Gasteiger partial charge in [0.05, 0.1) is 11.3 Å². The summed E-state index contributed by atoms with van der Waals surface area (Å²) in [5.74, 6) is -0.348. The molecule has 1 aromatic heterocycles. The molecule has 0 radical (unpaired) electrons. The van der Waals surface area contributed by atoms with E-state index in [0.29, 0.717) is 0 Å². The molecule has 6 heteroatoms. The zero-order chi connectivity index (χ0) is 17.0. The van der Waals surface area contributed by atoms with Crippen molar-refractivity contribution < 1.29 is 9.59 Å². The van der Waals surface area contributed by atoms with E-state index in [4.69, 9.17) is 4.98 Å². The van der Waals surface area contributed by atoms with Crippen molar-refractivity contribution in [2.75, 3.05) is 5.75 Å². The minimum Gasteiger partial charge on any atom is -0.274 e. The van der Waals surface area contributed by atoms with Gasteiger partial charge in [0.25, 0.3) is 0 Å². The van der Waals surface area contributed by atoms with Gasteiger partial charge in [-0.2, -0.15) is 0 Å². The van der Waals surface area contributed by atoms with Crippen molar-refractivity contribution in [3.05, 3.63) is 34.9 Å². The lowest BCUT2D eigenvalue weighted by Crippen LogP contribution is -2.41. The molecule has 0 unspecified atom stereocenters. The first kappa shape index (κ1) is 17.3. The zero-order valence-electron chi connectivity index (χ0n) is 13.8. The summed E-state index contributed by atoms with van der Waals surface area (Å²) in [4.78, 5) is 27.3. The highest BCUT2D eigenvalue weighted by atomic mass is 32.2. The van der Waals surface area contributed by atoms with Crippen LogP contribution in [-0.4, -0.2) is 22.6 Å². The Hall–Kier alpha value is -2.08. The largest absolute Gasteiger partial charge is 0.274 e. The fraction of sp³-hybridized carbons (Fsp3) is 0.353. The van der Waals surface area contributed by atoms with Gasteiger partial charge in [-0.05, 0) is 43.5 Å². The predicted molar refractivity (Wildman–Crippen MR) is 93.3 cm³/mol. The Morgan fingerprint density at radius 2 is 1.91 bits per heavy atom. The van der Waals surface area contributed by atoms with E-state index in [1.807, 2.05) is 6.92 Å². The van der Waals surface area contributed by atoms with Crippen LogP contribution in [0.4, 0.5) is 0 Å². The number of carbonyl (C=O) groups excluding carboxylic acids is 2. The number of aromatic nitrogens is 1. The third-order valence-corrected chi connectivity index (χ3v) is 4.42. The summed E-state index contributed by atoms with van der Waals surface area (Å²) < 4.78 is 0. The highest BCUT2D eigenvalue weighted by Crippen LogP contribution is 2.27. The molecule has 0 aliphatic rings. The van der Waals surface area contributed by atoms with Crippen molar-refractivity contribution in [3.8, 4) is 0 Å². The Bertz CT molecular complexity index is 759. The topological polar surface area (TPSA) is 71.1 Å². The second-order valence-corrected chi connectivity index (χ2v) is 6.44. The molecule has 0 fully saturated rings. The van der Waals surface area contributed by atoms with Crippen LogP contribution < -0.4 is 10.9 Å². The SMILES string of the molecule is CCc1cc2cc(C)cc(C)c2nc1SCC(=O)NNC(C)=O. The van der Waals surface area contributed by atoms with Gasteiger partial charge in [0.2, 0.25) is 11.8 Å². The van der Waals surface area contributed by atoms with Crippen LogP contribution in [0.3, 0.4) is 0 Å². The first-order valence-corrected chi connectivity index (χ1v) is 8.48. The third-order valence-electron chi connectivity index (χ3n) is 3.39. The number of amides is 2. The van der Waals surface area contributed by atoms with Crippen molar-refractivity contribution in [1.82, 2.24) is 15.8 Å². The molecule has 2 rings (SSSR count). The summed E-state index contributed by atoms with van der Waals surface area (Å²) >= 11 is 1.38. The van der Waals surface area contributed by atoms with Gasteiger partial charge in [-0.15, -0.1) is 0 Å². The van der Waals surface area contributed by atoms with E-state index in [1.165, 1.54) is 24.2 Å². The van der Waals surface area contributed by atoms with Gasteiger partial charge in [-0.25, -0.2) is 4.98 Å². The number of nitrogens with zero attached hydrogens (tertiary/aromatic N) is 1. The fourth-order valence-corrected chi connectivity index (χ4v) is 3.27. The number of nitrogens with one attached hydrogen (secondary N) is 2. The summed E-state index contributed by atoms with van der Waals surface area (Å²) in [7, 11) is 0. The van der Waals surface area contributed by atoms with Crippen LogP contribution in [0.5, 0.6) is 0 Å². The summed E-state index contributed by atoms with van der Waals surface area (Å²) in [6.07, 6.45) is 0.853. The number of fused-ring (bicyclic) bond motifs is 1. The lowest BCUT2D eigenvalue weighted by Gasteiger charge is -2.11. The molecule has 2 aromatic rings. The molecule has 122 valence electrons. The Labute approximate surface area is 140 Å². The first-order valence-electron chi connectivity index (χ1n) is 7.49. The lowest BCUT2D eigenvalue weighted by molar-refractivity contribution is -0.126. The van der Waals surface area contributed by atoms with E-state index in [0.717, 1.165) is 33.5 Å². The standard InChI is InChI=1S/C17H21N3O2S/c1-5-13-8-14-7-10(2)6-11(3)16(14)18-17(13)23-9-15(22)20-19-12(4)21/h6-8H,5,9H2,1-4H3,(H,19,21)(H,20,22). The summed E-state index contributed by atoms with van der Waals surface area (Å²) in [6.45, 7) is 7.55.